The van der Waals surface area contributed by atoms with Gasteiger partial charge in [-0.15, -0.1) is 0 Å². The van der Waals surface area contributed by atoms with E-state index in [-0.39, 0.29) is 25.1 Å². The zero-order chi connectivity index (χ0) is 13.1. The fraction of sp³-hybridized carbons (Fsp3) is 0.500. The van der Waals surface area contributed by atoms with E-state index in [1.165, 1.54) is 12.1 Å². The zero-order valence-corrected chi connectivity index (χ0v) is 9.67. The van der Waals surface area contributed by atoms with Crippen molar-refractivity contribution in [3.63, 3.8) is 0 Å². The first-order valence-electron chi connectivity index (χ1n) is 5.79. The second-order valence-corrected chi connectivity index (χ2v) is 4.39. The van der Waals surface area contributed by atoms with E-state index in [4.69, 9.17) is 0 Å². The van der Waals surface area contributed by atoms with Crippen LogP contribution in [0.15, 0.2) is 18.2 Å². The molecule has 1 fully saturated rings. The van der Waals surface area contributed by atoms with Crippen molar-refractivity contribution >= 4 is 0 Å². The highest BCUT2D eigenvalue weighted by Gasteiger charge is 2.29. The number of nitrogens with one attached hydrogen (secondary N) is 2. The molecule has 100 valence electrons. The summed E-state index contributed by atoms with van der Waals surface area (Å²) in [6.07, 6.45) is -1.76. The molecule has 0 aromatic heterocycles. The Labute approximate surface area is 103 Å². The minimum absolute atomic E-state index is 0.0140. The van der Waals surface area contributed by atoms with E-state index in [0.717, 1.165) is 6.07 Å². The van der Waals surface area contributed by atoms with Gasteiger partial charge >= 0.3 is 0 Å². The van der Waals surface area contributed by atoms with Crippen LogP contribution in [0.25, 0.3) is 0 Å². The van der Waals surface area contributed by atoms with Gasteiger partial charge in [0.15, 0.2) is 11.6 Å². The monoisotopic (exact) mass is 260 g/mol. The van der Waals surface area contributed by atoms with Gasteiger partial charge in [-0.3, -0.25) is 5.32 Å². The molecule has 3 N–H and O–H groups in total. The van der Waals surface area contributed by atoms with Crippen molar-refractivity contribution in [3.8, 4) is 0 Å². The van der Waals surface area contributed by atoms with Gasteiger partial charge in [0.2, 0.25) is 0 Å². The maximum absolute atomic E-state index is 13.3. The average Bonchev–Trinajstić information content (AvgIpc) is 2.77. The summed E-state index contributed by atoms with van der Waals surface area (Å²) in [6, 6.07) is 3.45. The number of rotatable bonds is 4. The number of benzene rings is 1. The Morgan fingerprint density at radius 3 is 2.89 bits per heavy atom. The molecule has 2 rings (SSSR count). The van der Waals surface area contributed by atoms with Gasteiger partial charge in [-0.2, -0.15) is 0 Å². The quantitative estimate of drug-likeness (QED) is 0.710. The maximum atomic E-state index is 13.3. The number of alkyl halides is 1. The third-order valence-electron chi connectivity index (χ3n) is 3.03. The molecule has 1 aliphatic heterocycles. The highest BCUT2D eigenvalue weighted by Crippen LogP contribution is 2.14. The summed E-state index contributed by atoms with van der Waals surface area (Å²) in [5.41, 5.74) is 0.129. The zero-order valence-electron chi connectivity index (χ0n) is 9.67. The first-order chi connectivity index (χ1) is 8.58. The first kappa shape index (κ1) is 13.3. The lowest BCUT2D eigenvalue weighted by Gasteiger charge is -2.19. The summed E-state index contributed by atoms with van der Waals surface area (Å²) < 4.78 is 39.2. The molecule has 1 saturated heterocycles. The minimum Gasteiger partial charge on any atom is -0.377 e. The maximum Gasteiger partial charge on any atom is 0.163 e. The Bertz CT molecular complexity index is 416. The van der Waals surface area contributed by atoms with Crippen molar-refractivity contribution in [2.45, 2.75) is 31.4 Å². The second kappa shape index (κ2) is 5.69. The second-order valence-electron chi connectivity index (χ2n) is 4.39. The average molecular weight is 260 g/mol. The molecule has 0 amide bonds. The lowest BCUT2D eigenvalue weighted by molar-refractivity contribution is 0.0965. The van der Waals surface area contributed by atoms with Crippen LogP contribution < -0.4 is 10.6 Å². The van der Waals surface area contributed by atoms with Gasteiger partial charge in [0.25, 0.3) is 0 Å². The van der Waals surface area contributed by atoms with Gasteiger partial charge in [-0.25, -0.2) is 13.2 Å². The molecule has 1 aliphatic rings. The van der Waals surface area contributed by atoms with Crippen molar-refractivity contribution in [2.24, 2.45) is 0 Å². The normalized spacial score (nSPS) is 25.3. The van der Waals surface area contributed by atoms with Gasteiger partial charge in [-0.05, 0) is 12.5 Å². The highest BCUT2D eigenvalue weighted by atomic mass is 19.2. The minimum atomic E-state index is -0.992. The topological polar surface area (TPSA) is 44.3 Å². The summed E-state index contributed by atoms with van der Waals surface area (Å²) in [5.74, 6) is -1.86. The number of hydrogen-bond donors (Lipinski definition) is 3. The van der Waals surface area contributed by atoms with Crippen LogP contribution in [0.4, 0.5) is 13.2 Å². The fourth-order valence-corrected chi connectivity index (χ4v) is 2.00. The summed E-state index contributed by atoms with van der Waals surface area (Å²) in [7, 11) is 0. The van der Waals surface area contributed by atoms with Crippen LogP contribution in [0.2, 0.25) is 0 Å². The molecule has 1 aromatic rings. The van der Waals surface area contributed by atoms with Crippen LogP contribution in [0, 0.1) is 11.6 Å². The van der Waals surface area contributed by atoms with Crippen molar-refractivity contribution in [3.05, 3.63) is 35.4 Å². The lowest BCUT2D eigenvalue weighted by Crippen LogP contribution is -2.44. The molecule has 6 heteroatoms. The molecule has 1 heterocycles. The number of aliphatic hydroxyl groups is 1. The van der Waals surface area contributed by atoms with Crippen molar-refractivity contribution in [1.29, 1.82) is 0 Å². The van der Waals surface area contributed by atoms with Gasteiger partial charge in [0.05, 0.1) is 0 Å². The summed E-state index contributed by atoms with van der Waals surface area (Å²) in [5, 5.41) is 15.2. The lowest BCUT2D eigenvalue weighted by atomic mass is 10.1. The summed E-state index contributed by atoms with van der Waals surface area (Å²) in [6.45, 7) is 0.192. The summed E-state index contributed by atoms with van der Waals surface area (Å²) in [4.78, 5) is 0. The number of aliphatic hydroxyl groups excluding tert-OH is 1. The fourth-order valence-electron chi connectivity index (χ4n) is 2.00. The van der Waals surface area contributed by atoms with E-state index in [9.17, 15) is 18.3 Å². The van der Waals surface area contributed by atoms with E-state index < -0.39 is 30.1 Å². The predicted octanol–water partition coefficient (Wildman–Crippen LogP) is 1.07. The molecule has 0 radical (unpaired) electrons. The molecule has 3 unspecified atom stereocenters. The Morgan fingerprint density at radius 1 is 1.44 bits per heavy atom. The standard InChI is InChI=1S/C12H15F3N2O/c13-8-4-10(16-6-8)12(18)17-5-7-2-1-3-9(14)11(7)15/h1-3,8,10,12,16-18H,4-6H2. The molecular formula is C12H15F3N2O. The molecule has 3 nitrogen and oxygen atoms in total. The molecule has 0 bridgehead atoms. The number of halogens is 3. The van der Waals surface area contributed by atoms with Crippen molar-refractivity contribution in [2.75, 3.05) is 6.54 Å². The third kappa shape index (κ3) is 3.01. The highest BCUT2D eigenvalue weighted by molar-refractivity contribution is 5.18. The van der Waals surface area contributed by atoms with Crippen LogP contribution in [-0.2, 0) is 6.54 Å². The van der Waals surface area contributed by atoms with E-state index in [2.05, 4.69) is 10.6 Å². The predicted molar refractivity (Wildman–Crippen MR) is 60.5 cm³/mol. The molecule has 0 aliphatic carbocycles. The van der Waals surface area contributed by atoms with Crippen LogP contribution in [-0.4, -0.2) is 30.1 Å². The Kier molecular flexibility index (Phi) is 4.21. The Morgan fingerprint density at radius 2 is 2.22 bits per heavy atom. The van der Waals surface area contributed by atoms with Crippen LogP contribution in [0.1, 0.15) is 12.0 Å². The van der Waals surface area contributed by atoms with E-state index in [1.807, 2.05) is 0 Å². The molecular weight excluding hydrogens is 245 g/mol. The molecule has 0 spiro atoms. The molecule has 3 atom stereocenters. The largest absolute Gasteiger partial charge is 0.377 e. The number of hydrogen-bond acceptors (Lipinski definition) is 3. The van der Waals surface area contributed by atoms with E-state index in [0.29, 0.717) is 0 Å². The summed E-state index contributed by atoms with van der Waals surface area (Å²) >= 11 is 0. The van der Waals surface area contributed by atoms with E-state index >= 15 is 0 Å². The first-order valence-corrected chi connectivity index (χ1v) is 5.79. The van der Waals surface area contributed by atoms with Crippen molar-refractivity contribution in [1.82, 2.24) is 10.6 Å². The smallest absolute Gasteiger partial charge is 0.163 e. The molecule has 1 aromatic carbocycles. The van der Waals surface area contributed by atoms with Crippen molar-refractivity contribution < 1.29 is 18.3 Å². The van der Waals surface area contributed by atoms with E-state index in [1.54, 1.807) is 0 Å². The van der Waals surface area contributed by atoms with Gasteiger partial charge in [0.1, 0.15) is 12.4 Å². The SMILES string of the molecule is OC(NCc1cccc(F)c1F)C1CC(F)CN1. The van der Waals surface area contributed by atoms with Gasteiger partial charge in [-0.1, -0.05) is 12.1 Å². The van der Waals surface area contributed by atoms with Crippen LogP contribution in [0.3, 0.4) is 0 Å². The third-order valence-corrected chi connectivity index (χ3v) is 3.03. The molecule has 18 heavy (non-hydrogen) atoms. The van der Waals surface area contributed by atoms with Gasteiger partial charge < -0.3 is 10.4 Å². The Balaban J connectivity index is 1.89. The van der Waals surface area contributed by atoms with Crippen LogP contribution >= 0.6 is 0 Å². The van der Waals surface area contributed by atoms with Gasteiger partial charge in [0, 0.05) is 24.7 Å². The van der Waals surface area contributed by atoms with Crippen LogP contribution in [0.5, 0.6) is 0 Å². The molecule has 0 saturated carbocycles. The Hall–Kier alpha value is -1.11.